The average Bonchev–Trinajstić information content (AvgIpc) is 3.25. The van der Waals surface area contributed by atoms with Gasteiger partial charge in [-0.3, -0.25) is 0 Å². The van der Waals surface area contributed by atoms with E-state index < -0.39 is 0 Å². The molecule has 5 aromatic carbocycles. The number of nitrogens with zero attached hydrogens (tertiary/aromatic N) is 1. The van der Waals surface area contributed by atoms with Gasteiger partial charge >= 0.3 is 0 Å². The molecule has 1 aliphatic rings. The van der Waals surface area contributed by atoms with Crippen molar-refractivity contribution in [3.8, 4) is 28.3 Å². The van der Waals surface area contributed by atoms with E-state index in [1.165, 1.54) is 16.3 Å². The van der Waals surface area contributed by atoms with Gasteiger partial charge in [0.1, 0.15) is 17.8 Å². The summed E-state index contributed by atoms with van der Waals surface area (Å²) in [5.41, 5.74) is 7.32. The molecule has 6 aromatic rings. The first-order valence-corrected chi connectivity index (χ1v) is 11.8. The number of hydrogen-bond acceptors (Lipinski definition) is 2. The first kappa shape index (κ1) is 19.8. The van der Waals surface area contributed by atoms with Crippen molar-refractivity contribution in [3.63, 3.8) is 0 Å². The molecule has 0 saturated heterocycles. The summed E-state index contributed by atoms with van der Waals surface area (Å²) in [6.07, 6.45) is 1.03. The van der Waals surface area contributed by atoms with Crippen LogP contribution in [0.3, 0.4) is 0 Å². The maximum atomic E-state index is 12.4. The van der Waals surface area contributed by atoms with Gasteiger partial charge in [-0.25, -0.2) is 0 Å². The largest absolute Gasteiger partial charge is 0.457 e. The number of rotatable bonds is 3. The van der Waals surface area contributed by atoms with E-state index in [1.54, 1.807) is 0 Å². The Morgan fingerprint density at radius 1 is 0.657 bits per heavy atom. The van der Waals surface area contributed by atoms with Crippen molar-refractivity contribution in [1.82, 2.24) is 4.57 Å². The van der Waals surface area contributed by atoms with E-state index in [2.05, 4.69) is 77.4 Å². The first-order chi connectivity index (χ1) is 17.3. The molecule has 166 valence electrons. The van der Waals surface area contributed by atoms with Crippen LogP contribution in [0.1, 0.15) is 17.0 Å². The Morgan fingerprint density at radius 2 is 1.40 bits per heavy atom. The van der Waals surface area contributed by atoms with Crippen molar-refractivity contribution in [2.24, 2.45) is 0 Å². The Labute approximate surface area is 202 Å². The van der Waals surface area contributed by atoms with Crippen molar-refractivity contribution in [2.45, 2.75) is 5.92 Å². The zero-order valence-corrected chi connectivity index (χ0v) is 18.9. The molecule has 0 fully saturated rings. The lowest BCUT2D eigenvalue weighted by Gasteiger charge is -2.27. The molecule has 1 atom stereocenters. The van der Waals surface area contributed by atoms with E-state index in [0.29, 0.717) is 0 Å². The van der Waals surface area contributed by atoms with Gasteiger partial charge in [0.25, 0.3) is 0 Å². The number of aldehydes is 1. The minimum absolute atomic E-state index is 0.373. The molecule has 3 nitrogen and oxygen atoms in total. The number of carbonyl (C=O) groups excluding carboxylic acids is 1. The van der Waals surface area contributed by atoms with Gasteiger partial charge in [0.05, 0.1) is 17.0 Å². The Hall–Kier alpha value is -4.63. The number of carbonyl (C=O) groups is 1. The number of para-hydroxylation sites is 3. The molecular formula is C32H21NO2. The Morgan fingerprint density at radius 3 is 2.29 bits per heavy atom. The molecule has 0 saturated carbocycles. The third-order valence-electron chi connectivity index (χ3n) is 6.99. The van der Waals surface area contributed by atoms with Crippen molar-refractivity contribution in [1.29, 1.82) is 0 Å². The van der Waals surface area contributed by atoms with Gasteiger partial charge in [0.15, 0.2) is 0 Å². The fourth-order valence-electron chi connectivity index (χ4n) is 5.44. The third-order valence-corrected chi connectivity index (χ3v) is 6.99. The predicted octanol–water partition coefficient (Wildman–Crippen LogP) is 7.89. The highest BCUT2D eigenvalue weighted by Gasteiger charge is 2.29. The van der Waals surface area contributed by atoms with Crippen LogP contribution in [0.25, 0.3) is 38.6 Å². The maximum absolute atomic E-state index is 12.4. The van der Waals surface area contributed by atoms with Crippen molar-refractivity contribution >= 4 is 28.1 Å². The summed E-state index contributed by atoms with van der Waals surface area (Å²) in [5.74, 6) is 1.11. The lowest BCUT2D eigenvalue weighted by Crippen LogP contribution is -2.12. The molecule has 1 aliphatic heterocycles. The van der Waals surface area contributed by atoms with E-state index >= 15 is 0 Å². The summed E-state index contributed by atoms with van der Waals surface area (Å²) in [7, 11) is 0. The van der Waals surface area contributed by atoms with Gasteiger partial charge < -0.3 is 14.1 Å². The number of ether oxygens (including phenoxy) is 1. The van der Waals surface area contributed by atoms with Crippen LogP contribution in [0.15, 0.2) is 115 Å². The van der Waals surface area contributed by atoms with Crippen LogP contribution in [0.5, 0.6) is 11.5 Å². The van der Waals surface area contributed by atoms with Gasteiger partial charge in [-0.2, -0.15) is 0 Å². The van der Waals surface area contributed by atoms with Crippen LogP contribution in [0, 0.1) is 0 Å². The molecule has 1 unspecified atom stereocenters. The fourth-order valence-corrected chi connectivity index (χ4v) is 5.44. The van der Waals surface area contributed by atoms with Crippen LogP contribution in [-0.2, 0) is 4.79 Å². The molecule has 0 bridgehead atoms. The topological polar surface area (TPSA) is 31.2 Å². The summed E-state index contributed by atoms with van der Waals surface area (Å²) in [4.78, 5) is 12.4. The second-order valence-electron chi connectivity index (χ2n) is 8.89. The van der Waals surface area contributed by atoms with E-state index in [9.17, 15) is 4.79 Å². The molecule has 0 amide bonds. The van der Waals surface area contributed by atoms with Crippen LogP contribution in [0.2, 0.25) is 0 Å². The standard InChI is InChI=1S/C32H21NO2/c34-20-27-26-12-5-7-15-30(26)35-31-16-8-13-23(32(27)31)21-17-18-25-24-11-4-6-14-28(24)33(29(25)19-21)22-9-2-1-3-10-22/h1-20,27H. The molecule has 2 heterocycles. The Kier molecular flexibility index (Phi) is 4.36. The monoisotopic (exact) mass is 451 g/mol. The molecule has 1 aromatic heterocycles. The smallest absolute Gasteiger partial charge is 0.132 e. The maximum Gasteiger partial charge on any atom is 0.132 e. The minimum Gasteiger partial charge on any atom is -0.457 e. The van der Waals surface area contributed by atoms with E-state index in [-0.39, 0.29) is 5.92 Å². The number of hydrogen-bond donors (Lipinski definition) is 0. The lowest BCUT2D eigenvalue weighted by molar-refractivity contribution is -0.108. The van der Waals surface area contributed by atoms with E-state index in [1.807, 2.05) is 42.5 Å². The van der Waals surface area contributed by atoms with E-state index in [4.69, 9.17) is 4.74 Å². The first-order valence-electron chi connectivity index (χ1n) is 11.8. The molecule has 7 rings (SSSR count). The van der Waals surface area contributed by atoms with Gasteiger partial charge in [-0.1, -0.05) is 78.9 Å². The van der Waals surface area contributed by atoms with E-state index in [0.717, 1.165) is 51.2 Å². The highest BCUT2D eigenvalue weighted by Crippen LogP contribution is 2.47. The highest BCUT2D eigenvalue weighted by molar-refractivity contribution is 6.10. The number of benzene rings is 5. The second kappa shape index (κ2) is 7.71. The number of aromatic nitrogens is 1. The second-order valence-corrected chi connectivity index (χ2v) is 8.89. The molecule has 0 N–H and O–H groups in total. The van der Waals surface area contributed by atoms with Crippen LogP contribution < -0.4 is 4.74 Å². The third kappa shape index (κ3) is 2.95. The van der Waals surface area contributed by atoms with Crippen molar-refractivity contribution < 1.29 is 9.53 Å². The van der Waals surface area contributed by atoms with Crippen LogP contribution >= 0.6 is 0 Å². The molecular weight excluding hydrogens is 430 g/mol. The summed E-state index contributed by atoms with van der Waals surface area (Å²) >= 11 is 0. The molecule has 0 aliphatic carbocycles. The summed E-state index contributed by atoms with van der Waals surface area (Å²) in [6, 6.07) is 39.4. The van der Waals surface area contributed by atoms with Crippen molar-refractivity contribution in [2.75, 3.05) is 0 Å². The Bertz CT molecular complexity index is 1750. The van der Waals surface area contributed by atoms with Crippen LogP contribution in [-0.4, -0.2) is 10.9 Å². The molecule has 3 heteroatoms. The predicted molar refractivity (Wildman–Crippen MR) is 141 cm³/mol. The molecule has 0 spiro atoms. The minimum atomic E-state index is -0.373. The summed E-state index contributed by atoms with van der Waals surface area (Å²) in [5, 5.41) is 2.42. The van der Waals surface area contributed by atoms with Gasteiger partial charge in [0, 0.05) is 27.6 Å². The van der Waals surface area contributed by atoms with Crippen LogP contribution in [0.4, 0.5) is 0 Å². The quantitative estimate of drug-likeness (QED) is 0.256. The summed E-state index contributed by atoms with van der Waals surface area (Å²) < 4.78 is 8.55. The number of fused-ring (bicyclic) bond motifs is 5. The SMILES string of the molecule is O=CC1c2ccccc2Oc2cccc(-c3ccc4c5ccccc5n(-c5ccccc5)c4c3)c21. The Balaban J connectivity index is 1.50. The van der Waals surface area contributed by atoms with Gasteiger partial charge in [0.2, 0.25) is 0 Å². The molecule has 0 radical (unpaired) electrons. The average molecular weight is 452 g/mol. The van der Waals surface area contributed by atoms with Crippen molar-refractivity contribution in [3.05, 3.63) is 126 Å². The molecule has 35 heavy (non-hydrogen) atoms. The lowest BCUT2D eigenvalue weighted by atomic mass is 9.84. The highest BCUT2D eigenvalue weighted by atomic mass is 16.5. The fraction of sp³-hybridized carbons (Fsp3) is 0.0312. The zero-order valence-electron chi connectivity index (χ0n) is 18.9. The zero-order chi connectivity index (χ0) is 23.4. The normalized spacial score (nSPS) is 14.3. The van der Waals surface area contributed by atoms with Gasteiger partial charge in [-0.15, -0.1) is 0 Å². The summed E-state index contributed by atoms with van der Waals surface area (Å²) in [6.45, 7) is 0. The van der Waals surface area contributed by atoms with Gasteiger partial charge in [-0.05, 0) is 47.5 Å².